The molecule has 0 unspecified atom stereocenters. The summed E-state index contributed by atoms with van der Waals surface area (Å²) < 4.78 is 5.73. The maximum Gasteiger partial charge on any atom is 0.137 e. The average Bonchev–Trinajstić information content (AvgIpc) is 2.61. The molecule has 1 atom stereocenters. The number of hydrogen-bond acceptors (Lipinski definition) is 5. The summed E-state index contributed by atoms with van der Waals surface area (Å²) in [7, 11) is 0. The minimum absolute atomic E-state index is 0.0419. The van der Waals surface area contributed by atoms with Crippen molar-refractivity contribution in [1.29, 1.82) is 10.5 Å². The van der Waals surface area contributed by atoms with Gasteiger partial charge in [0.2, 0.25) is 0 Å². The third kappa shape index (κ3) is 6.02. The number of piperazine rings is 1. The third-order valence-electron chi connectivity index (χ3n) is 4.23. The van der Waals surface area contributed by atoms with Gasteiger partial charge in [-0.2, -0.15) is 10.5 Å². The summed E-state index contributed by atoms with van der Waals surface area (Å²) in [6.45, 7) is 6.11. The first-order chi connectivity index (χ1) is 11.7. The molecule has 0 aromatic heterocycles. The van der Waals surface area contributed by atoms with Crippen LogP contribution >= 0.6 is 11.6 Å². The predicted molar refractivity (Wildman–Crippen MR) is 93.8 cm³/mol. The maximum absolute atomic E-state index is 9.16. The summed E-state index contributed by atoms with van der Waals surface area (Å²) in [6.07, 6.45) is 1.12. The van der Waals surface area contributed by atoms with Gasteiger partial charge < -0.3 is 4.74 Å². The fourth-order valence-corrected chi connectivity index (χ4v) is 2.98. The fourth-order valence-electron chi connectivity index (χ4n) is 2.79. The Morgan fingerprint density at radius 1 is 1.12 bits per heavy atom. The third-order valence-corrected chi connectivity index (χ3v) is 4.54. The van der Waals surface area contributed by atoms with Crippen molar-refractivity contribution in [3.8, 4) is 17.9 Å². The van der Waals surface area contributed by atoms with Gasteiger partial charge in [-0.05, 0) is 18.6 Å². The molecule has 0 spiro atoms. The monoisotopic (exact) mass is 346 g/mol. The summed E-state index contributed by atoms with van der Waals surface area (Å²) in [5.41, 5.74) is 0. The molecule has 6 heteroatoms. The van der Waals surface area contributed by atoms with Crippen LogP contribution in [0.2, 0.25) is 5.02 Å². The van der Waals surface area contributed by atoms with Crippen LogP contribution in [0.15, 0.2) is 24.3 Å². The van der Waals surface area contributed by atoms with E-state index in [9.17, 15) is 0 Å². The zero-order valence-electron chi connectivity index (χ0n) is 13.8. The van der Waals surface area contributed by atoms with Crippen LogP contribution in [0.1, 0.15) is 12.8 Å². The Balaban J connectivity index is 1.65. The fraction of sp³-hybridized carbons (Fsp3) is 0.556. The molecule has 0 radical (unpaired) electrons. The molecule has 1 aromatic carbocycles. The van der Waals surface area contributed by atoms with E-state index in [-0.39, 0.29) is 5.92 Å². The van der Waals surface area contributed by atoms with Crippen LogP contribution in [0.5, 0.6) is 5.75 Å². The highest BCUT2D eigenvalue weighted by Crippen LogP contribution is 2.22. The van der Waals surface area contributed by atoms with Gasteiger partial charge in [-0.3, -0.25) is 9.80 Å². The Bertz CT molecular complexity index is 587. The largest absolute Gasteiger partial charge is 0.491 e. The van der Waals surface area contributed by atoms with Crippen molar-refractivity contribution in [3.63, 3.8) is 0 Å². The Labute approximate surface area is 149 Å². The van der Waals surface area contributed by atoms with Crippen LogP contribution in [0, 0.1) is 28.6 Å². The van der Waals surface area contributed by atoms with Crippen LogP contribution < -0.4 is 4.74 Å². The summed E-state index contributed by atoms with van der Waals surface area (Å²) in [5.74, 6) is 0.687. The first-order valence-electron chi connectivity index (χ1n) is 8.31. The number of benzene rings is 1. The summed E-state index contributed by atoms with van der Waals surface area (Å²) >= 11 is 6.07. The van der Waals surface area contributed by atoms with Crippen molar-refractivity contribution in [2.24, 2.45) is 5.92 Å². The van der Waals surface area contributed by atoms with E-state index in [4.69, 9.17) is 26.9 Å². The average molecular weight is 347 g/mol. The lowest BCUT2D eigenvalue weighted by Crippen LogP contribution is -2.48. The number of nitriles is 2. The summed E-state index contributed by atoms with van der Waals surface area (Å²) in [5, 5.41) is 18.4. The quantitative estimate of drug-likeness (QED) is 0.724. The molecular formula is C18H23ClN4O. The number of nitrogens with zero attached hydrogens (tertiary/aromatic N) is 4. The Hall–Kier alpha value is -1.79. The number of halogens is 1. The van der Waals surface area contributed by atoms with E-state index >= 15 is 0 Å². The Morgan fingerprint density at radius 3 is 2.50 bits per heavy atom. The van der Waals surface area contributed by atoms with E-state index in [0.717, 1.165) is 45.0 Å². The van der Waals surface area contributed by atoms with E-state index in [1.54, 1.807) is 0 Å². The molecule has 1 heterocycles. The van der Waals surface area contributed by atoms with E-state index in [0.29, 0.717) is 24.5 Å². The van der Waals surface area contributed by atoms with Crippen LogP contribution in [-0.2, 0) is 0 Å². The van der Waals surface area contributed by atoms with Gasteiger partial charge in [0.15, 0.2) is 0 Å². The molecular weight excluding hydrogens is 324 g/mol. The molecule has 0 bridgehead atoms. The maximum atomic E-state index is 9.16. The van der Waals surface area contributed by atoms with E-state index in [1.807, 2.05) is 24.3 Å². The second-order valence-corrected chi connectivity index (χ2v) is 6.35. The first-order valence-corrected chi connectivity index (χ1v) is 8.69. The standard InChI is InChI=1S/C18H23ClN4O/c19-17-5-1-2-6-18(17)24-13-12-22-8-10-23(11-9-22)15-16(14-21)4-3-7-20/h1-2,5-6,16H,3-4,8-13,15H2/t16-/m0/s1. The van der Waals surface area contributed by atoms with Gasteiger partial charge in [0.25, 0.3) is 0 Å². The number of rotatable bonds is 8. The Morgan fingerprint density at radius 2 is 1.83 bits per heavy atom. The van der Waals surface area contributed by atoms with Crippen molar-refractivity contribution in [3.05, 3.63) is 29.3 Å². The molecule has 2 rings (SSSR count). The smallest absolute Gasteiger partial charge is 0.137 e. The van der Waals surface area contributed by atoms with Gasteiger partial charge in [0.1, 0.15) is 12.4 Å². The minimum atomic E-state index is -0.0419. The van der Waals surface area contributed by atoms with Gasteiger partial charge in [-0.15, -0.1) is 0 Å². The van der Waals surface area contributed by atoms with Crippen molar-refractivity contribution < 1.29 is 4.74 Å². The summed E-state index contributed by atoms with van der Waals surface area (Å²) in [4.78, 5) is 4.68. The molecule has 5 nitrogen and oxygen atoms in total. The van der Waals surface area contributed by atoms with Crippen LogP contribution in [0.3, 0.4) is 0 Å². The number of para-hydroxylation sites is 1. The second-order valence-electron chi connectivity index (χ2n) is 5.94. The van der Waals surface area contributed by atoms with Gasteiger partial charge in [0, 0.05) is 45.7 Å². The SMILES string of the molecule is N#CCC[C@@H](C#N)CN1CCN(CCOc2ccccc2Cl)CC1. The molecule has 0 saturated carbocycles. The lowest BCUT2D eigenvalue weighted by atomic mass is 10.0. The van der Waals surface area contributed by atoms with Crippen molar-refractivity contribution in [2.75, 3.05) is 45.9 Å². The van der Waals surface area contributed by atoms with Crippen molar-refractivity contribution in [1.82, 2.24) is 9.80 Å². The molecule has 1 fully saturated rings. The zero-order valence-corrected chi connectivity index (χ0v) is 14.6. The van der Waals surface area contributed by atoms with E-state index in [2.05, 4.69) is 21.9 Å². The lowest BCUT2D eigenvalue weighted by Gasteiger charge is -2.35. The topological polar surface area (TPSA) is 63.3 Å². The molecule has 1 aliphatic rings. The van der Waals surface area contributed by atoms with E-state index < -0.39 is 0 Å². The number of hydrogen-bond donors (Lipinski definition) is 0. The molecule has 24 heavy (non-hydrogen) atoms. The van der Waals surface area contributed by atoms with Crippen molar-refractivity contribution >= 4 is 11.6 Å². The summed E-state index contributed by atoms with van der Waals surface area (Å²) in [6, 6.07) is 11.9. The molecule has 1 aromatic rings. The molecule has 1 aliphatic heterocycles. The van der Waals surface area contributed by atoms with E-state index in [1.165, 1.54) is 0 Å². The number of ether oxygens (including phenoxy) is 1. The normalized spacial score (nSPS) is 17.0. The molecule has 0 N–H and O–H groups in total. The molecule has 1 saturated heterocycles. The highest BCUT2D eigenvalue weighted by Gasteiger charge is 2.19. The van der Waals surface area contributed by atoms with Gasteiger partial charge >= 0.3 is 0 Å². The highest BCUT2D eigenvalue weighted by atomic mass is 35.5. The molecule has 0 amide bonds. The first kappa shape index (κ1) is 18.5. The van der Waals surface area contributed by atoms with Gasteiger partial charge in [-0.25, -0.2) is 0 Å². The zero-order chi connectivity index (χ0) is 17.2. The van der Waals surface area contributed by atoms with Crippen LogP contribution in [0.4, 0.5) is 0 Å². The second kappa shape index (κ2) is 10.2. The lowest BCUT2D eigenvalue weighted by molar-refractivity contribution is 0.110. The van der Waals surface area contributed by atoms with Crippen LogP contribution in [-0.4, -0.2) is 55.7 Å². The Kier molecular flexibility index (Phi) is 7.85. The molecule has 128 valence electrons. The van der Waals surface area contributed by atoms with Crippen molar-refractivity contribution in [2.45, 2.75) is 12.8 Å². The molecule has 0 aliphatic carbocycles. The van der Waals surface area contributed by atoms with Gasteiger partial charge in [-0.1, -0.05) is 23.7 Å². The predicted octanol–water partition coefficient (Wildman–Crippen LogP) is 2.78. The van der Waals surface area contributed by atoms with Gasteiger partial charge in [0.05, 0.1) is 23.1 Å². The minimum Gasteiger partial charge on any atom is -0.491 e. The highest BCUT2D eigenvalue weighted by molar-refractivity contribution is 6.32. The van der Waals surface area contributed by atoms with Crippen LogP contribution in [0.25, 0.3) is 0 Å².